The second-order valence-electron chi connectivity index (χ2n) is 10.1. The summed E-state index contributed by atoms with van der Waals surface area (Å²) in [4.78, 5) is 33.2. The number of rotatable bonds is 9. The molecule has 1 aromatic heterocycles. The monoisotopic (exact) mass is 569 g/mol. The first-order valence-electron chi connectivity index (χ1n) is 13.3. The number of ether oxygens (including phenoxy) is 3. The number of hydrogen-bond acceptors (Lipinski definition) is 7. The van der Waals surface area contributed by atoms with Gasteiger partial charge in [0.05, 0.1) is 32.5 Å². The van der Waals surface area contributed by atoms with Crippen LogP contribution in [-0.2, 0) is 27.2 Å². The molecule has 2 aliphatic rings. The van der Waals surface area contributed by atoms with Gasteiger partial charge in [-0.15, -0.1) is 0 Å². The summed E-state index contributed by atoms with van der Waals surface area (Å²) in [6.45, 7) is 3.46. The van der Waals surface area contributed by atoms with Crippen LogP contribution in [0.3, 0.4) is 0 Å². The number of aryl methyl sites for hydroxylation is 1. The van der Waals surface area contributed by atoms with Crippen LogP contribution in [0, 0.1) is 17.5 Å². The first-order valence-corrected chi connectivity index (χ1v) is 13.3. The van der Waals surface area contributed by atoms with E-state index in [-0.39, 0.29) is 24.5 Å². The second-order valence-corrected chi connectivity index (χ2v) is 10.1. The molecule has 11 heteroatoms. The zero-order valence-corrected chi connectivity index (χ0v) is 23.0. The molecule has 2 atom stereocenters. The molecule has 1 amide bonds. The smallest absolute Gasteiger partial charge is 0.411 e. The van der Waals surface area contributed by atoms with Gasteiger partial charge in [0, 0.05) is 36.2 Å². The van der Waals surface area contributed by atoms with E-state index in [9.17, 15) is 22.8 Å². The Balaban J connectivity index is 1.50. The number of carbonyl (C=O) groups is 2. The van der Waals surface area contributed by atoms with E-state index < -0.39 is 35.7 Å². The van der Waals surface area contributed by atoms with Crippen molar-refractivity contribution in [2.75, 3.05) is 32.2 Å². The quantitative estimate of drug-likeness (QED) is 0.246. The van der Waals surface area contributed by atoms with Crippen molar-refractivity contribution in [2.45, 2.75) is 44.9 Å². The van der Waals surface area contributed by atoms with Crippen LogP contribution in [0.4, 0.5) is 23.8 Å². The number of amides is 1. The molecule has 0 N–H and O–H groups in total. The lowest BCUT2D eigenvalue weighted by Crippen LogP contribution is -2.38. The number of cyclic esters (lactones) is 1. The number of carbonyl (C=O) groups excluding carboxylic acids is 2. The van der Waals surface area contributed by atoms with E-state index in [1.807, 2.05) is 30.3 Å². The fourth-order valence-electron chi connectivity index (χ4n) is 5.11. The predicted octanol–water partition coefficient (Wildman–Crippen LogP) is 5.57. The van der Waals surface area contributed by atoms with Crippen LogP contribution < -0.4 is 9.64 Å². The Labute approximate surface area is 235 Å². The van der Waals surface area contributed by atoms with Crippen molar-refractivity contribution in [3.63, 3.8) is 0 Å². The third-order valence-corrected chi connectivity index (χ3v) is 7.59. The summed E-state index contributed by atoms with van der Waals surface area (Å²) < 4.78 is 57.4. The molecule has 2 aromatic carbocycles. The molecule has 0 bridgehead atoms. The molecule has 5 rings (SSSR count). The van der Waals surface area contributed by atoms with Gasteiger partial charge in [0.2, 0.25) is 0 Å². The molecule has 2 fully saturated rings. The molecule has 8 nitrogen and oxygen atoms in total. The summed E-state index contributed by atoms with van der Waals surface area (Å²) in [7, 11) is 2.90. The van der Waals surface area contributed by atoms with Crippen molar-refractivity contribution < 1.29 is 37.0 Å². The summed E-state index contributed by atoms with van der Waals surface area (Å²) in [5, 5.41) is 0. The number of aromatic nitrogens is 1. The highest BCUT2D eigenvalue weighted by atomic mass is 19.2. The number of halogens is 3. The van der Waals surface area contributed by atoms with Crippen molar-refractivity contribution >= 4 is 17.9 Å². The Morgan fingerprint density at radius 1 is 1.05 bits per heavy atom. The van der Waals surface area contributed by atoms with Crippen LogP contribution in [-0.4, -0.2) is 55.3 Å². The molecule has 0 aliphatic carbocycles. The van der Waals surface area contributed by atoms with Crippen LogP contribution in [0.1, 0.15) is 42.7 Å². The van der Waals surface area contributed by atoms with Crippen LogP contribution in [0.25, 0.3) is 11.1 Å². The maximum Gasteiger partial charge on any atom is 0.411 e. The van der Waals surface area contributed by atoms with Gasteiger partial charge in [-0.05, 0) is 61.7 Å². The number of nitrogens with zero attached hydrogens (tertiary/aromatic N) is 3. The molecule has 2 aliphatic heterocycles. The topological polar surface area (TPSA) is 81.2 Å². The Morgan fingerprint density at radius 3 is 2.41 bits per heavy atom. The fraction of sp³-hybridized carbons (Fsp3) is 0.367. The normalized spacial score (nSPS) is 18.2. The summed E-state index contributed by atoms with van der Waals surface area (Å²) in [6, 6.07) is 10.5. The van der Waals surface area contributed by atoms with Crippen LogP contribution in [0.15, 0.2) is 42.5 Å². The Hall–Kier alpha value is -4.28. The average molecular weight is 570 g/mol. The van der Waals surface area contributed by atoms with Gasteiger partial charge >= 0.3 is 12.1 Å². The lowest BCUT2D eigenvalue weighted by Gasteiger charge is -2.33. The fourth-order valence-corrected chi connectivity index (χ4v) is 5.11. The number of anilines is 1. The number of pyridine rings is 1. The SMILES string of the molecule is COC(=O)CCc1ccc(OC)c(-c2ccc(N3CCC3)nc2CN2C(=O)OC(c3cc(F)c(F)c(F)c3)[C@@H]2C)c1. The molecule has 41 heavy (non-hydrogen) atoms. The van der Waals surface area contributed by atoms with Gasteiger partial charge in [-0.1, -0.05) is 6.07 Å². The maximum absolute atomic E-state index is 14.0. The lowest BCUT2D eigenvalue weighted by molar-refractivity contribution is -0.140. The van der Waals surface area contributed by atoms with Crippen molar-refractivity contribution in [3.05, 3.63) is 76.7 Å². The van der Waals surface area contributed by atoms with Gasteiger partial charge in [0.15, 0.2) is 17.5 Å². The van der Waals surface area contributed by atoms with E-state index in [0.717, 1.165) is 48.6 Å². The largest absolute Gasteiger partial charge is 0.496 e. The molecule has 0 radical (unpaired) electrons. The minimum atomic E-state index is -1.58. The van der Waals surface area contributed by atoms with Crippen LogP contribution in [0.2, 0.25) is 0 Å². The molecule has 0 saturated carbocycles. The van der Waals surface area contributed by atoms with Crippen molar-refractivity contribution in [1.82, 2.24) is 9.88 Å². The third-order valence-electron chi connectivity index (χ3n) is 7.59. The van der Waals surface area contributed by atoms with E-state index in [4.69, 9.17) is 19.2 Å². The highest BCUT2D eigenvalue weighted by Gasteiger charge is 2.41. The third kappa shape index (κ3) is 5.66. The summed E-state index contributed by atoms with van der Waals surface area (Å²) in [5.74, 6) is -3.27. The molecule has 3 heterocycles. The van der Waals surface area contributed by atoms with E-state index in [2.05, 4.69) is 4.90 Å². The number of benzene rings is 2. The zero-order chi connectivity index (χ0) is 29.3. The Bertz CT molecular complexity index is 1460. The zero-order valence-electron chi connectivity index (χ0n) is 23.0. The summed E-state index contributed by atoms with van der Waals surface area (Å²) in [5.41, 5.74) is 2.92. The first kappa shape index (κ1) is 28.3. The van der Waals surface area contributed by atoms with Gasteiger partial charge in [-0.3, -0.25) is 9.69 Å². The number of methoxy groups -OCH3 is 2. The Kier molecular flexibility index (Phi) is 8.05. The molecular formula is C30H30F3N3O5. The minimum absolute atomic E-state index is 0.0206. The Morgan fingerprint density at radius 2 is 1.78 bits per heavy atom. The maximum atomic E-state index is 14.0. The minimum Gasteiger partial charge on any atom is -0.496 e. The molecule has 3 aromatic rings. The van der Waals surface area contributed by atoms with E-state index >= 15 is 0 Å². The molecular weight excluding hydrogens is 539 g/mol. The average Bonchev–Trinajstić information content (AvgIpc) is 3.22. The van der Waals surface area contributed by atoms with Crippen molar-refractivity contribution in [1.29, 1.82) is 0 Å². The molecule has 0 spiro atoms. The summed E-state index contributed by atoms with van der Waals surface area (Å²) in [6.07, 6.45) is 0.0281. The highest BCUT2D eigenvalue weighted by molar-refractivity contribution is 5.76. The van der Waals surface area contributed by atoms with Crippen LogP contribution >= 0.6 is 0 Å². The molecule has 216 valence electrons. The molecule has 2 saturated heterocycles. The van der Waals surface area contributed by atoms with E-state index in [1.165, 1.54) is 12.0 Å². The van der Waals surface area contributed by atoms with Gasteiger partial charge < -0.3 is 19.1 Å². The van der Waals surface area contributed by atoms with Gasteiger partial charge in [0.25, 0.3) is 0 Å². The summed E-state index contributed by atoms with van der Waals surface area (Å²) >= 11 is 0. The van der Waals surface area contributed by atoms with Gasteiger partial charge in [0.1, 0.15) is 17.7 Å². The first-order chi connectivity index (χ1) is 19.7. The lowest BCUT2D eigenvalue weighted by atomic mass is 9.97. The van der Waals surface area contributed by atoms with Crippen molar-refractivity contribution in [2.24, 2.45) is 0 Å². The second kappa shape index (κ2) is 11.7. The number of hydrogen-bond donors (Lipinski definition) is 0. The molecule has 1 unspecified atom stereocenters. The van der Waals surface area contributed by atoms with E-state index in [1.54, 1.807) is 14.0 Å². The highest BCUT2D eigenvalue weighted by Crippen LogP contribution is 2.38. The standard InChI is InChI=1S/C30H30F3N3O5/c1-17-29(19-14-22(31)28(33)23(32)15-19)41-30(38)36(17)16-24-20(7-9-26(34-24)35-11-4-12-35)21-13-18(5-8-25(21)39-2)6-10-27(37)40-3/h5,7-9,13-15,17,29H,4,6,10-12,16H2,1-3H3/t17-,29?/m0/s1. The van der Waals surface area contributed by atoms with Gasteiger partial charge in [-0.2, -0.15) is 0 Å². The predicted molar refractivity (Wildman–Crippen MR) is 144 cm³/mol. The number of esters is 1. The van der Waals surface area contributed by atoms with E-state index in [0.29, 0.717) is 23.4 Å². The van der Waals surface area contributed by atoms with Gasteiger partial charge in [-0.25, -0.2) is 22.9 Å². The van der Waals surface area contributed by atoms with Crippen molar-refractivity contribution in [3.8, 4) is 16.9 Å². The van der Waals surface area contributed by atoms with Crippen LogP contribution in [0.5, 0.6) is 5.75 Å².